The zero-order chi connectivity index (χ0) is 20.2. The Balaban J connectivity index is 1.78. The van der Waals surface area contributed by atoms with Gasteiger partial charge < -0.3 is 9.84 Å². The molecule has 0 saturated heterocycles. The van der Waals surface area contributed by atoms with E-state index in [9.17, 15) is 9.90 Å². The van der Waals surface area contributed by atoms with E-state index < -0.39 is 18.0 Å². The first-order valence-corrected chi connectivity index (χ1v) is 10.1. The Bertz CT molecular complexity index is 1030. The van der Waals surface area contributed by atoms with E-state index in [1.807, 2.05) is 84.9 Å². The average molecular weight is 405 g/mol. The van der Waals surface area contributed by atoms with Gasteiger partial charge in [0.25, 0.3) is 0 Å². The maximum absolute atomic E-state index is 12.9. The van der Waals surface area contributed by atoms with Crippen LogP contribution in [0, 0.1) is 0 Å². The molecule has 0 saturated carbocycles. The minimum absolute atomic E-state index is 0.0672. The van der Waals surface area contributed by atoms with E-state index >= 15 is 0 Å². The third-order valence-electron chi connectivity index (χ3n) is 5.20. The zero-order valence-corrected chi connectivity index (χ0v) is 16.5. The van der Waals surface area contributed by atoms with Crippen LogP contribution in [0.2, 0.25) is 0 Å². The van der Waals surface area contributed by atoms with Crippen LogP contribution < -0.4 is 0 Å². The molecule has 3 aromatic carbocycles. The van der Waals surface area contributed by atoms with Crippen LogP contribution in [-0.4, -0.2) is 11.1 Å². The molecule has 0 radical (unpaired) electrons. The number of carbonyl (C=O) groups excluding carboxylic acids is 1. The summed E-state index contributed by atoms with van der Waals surface area (Å²) in [7, 11) is 0. The summed E-state index contributed by atoms with van der Waals surface area (Å²) in [5, 5.41) is 11.2. The van der Waals surface area contributed by atoms with Crippen LogP contribution in [0.5, 0.6) is 0 Å². The first kappa shape index (κ1) is 19.3. The molecule has 0 bridgehead atoms. The predicted octanol–water partition coefficient (Wildman–Crippen LogP) is 5.86. The summed E-state index contributed by atoms with van der Waals surface area (Å²) in [5.41, 5.74) is 3.92. The molecule has 0 spiro atoms. The Labute approximate surface area is 175 Å². The fourth-order valence-electron chi connectivity index (χ4n) is 3.78. The van der Waals surface area contributed by atoms with Gasteiger partial charge in [-0.05, 0) is 22.3 Å². The first-order valence-electron chi connectivity index (χ1n) is 9.54. The minimum atomic E-state index is -0.580. The molecule has 0 aromatic heterocycles. The van der Waals surface area contributed by atoms with Gasteiger partial charge in [-0.25, -0.2) is 4.79 Å². The second-order valence-corrected chi connectivity index (χ2v) is 7.39. The van der Waals surface area contributed by atoms with Crippen LogP contribution in [0.25, 0.3) is 0 Å². The highest BCUT2D eigenvalue weighted by molar-refractivity contribution is 6.17. The summed E-state index contributed by atoms with van der Waals surface area (Å²) >= 11 is 5.94. The average Bonchev–Trinajstić information content (AvgIpc) is 2.77. The van der Waals surface area contributed by atoms with Crippen LogP contribution in [0.1, 0.15) is 34.3 Å². The highest BCUT2D eigenvalue weighted by atomic mass is 35.5. The summed E-state index contributed by atoms with van der Waals surface area (Å²) in [6.07, 6.45) is -0.288. The van der Waals surface area contributed by atoms with Gasteiger partial charge in [-0.3, -0.25) is 0 Å². The number of hydrogen-bond donors (Lipinski definition) is 1. The smallest absolute Gasteiger partial charge is 0.338 e. The molecule has 3 nitrogen and oxygen atoms in total. The lowest BCUT2D eigenvalue weighted by molar-refractivity contribution is -0.148. The maximum atomic E-state index is 12.9. The number of benzene rings is 3. The van der Waals surface area contributed by atoms with Crippen molar-refractivity contribution in [3.8, 4) is 0 Å². The topological polar surface area (TPSA) is 46.5 Å². The molecule has 0 amide bonds. The number of aliphatic hydroxyl groups is 1. The van der Waals surface area contributed by atoms with Crippen molar-refractivity contribution in [2.24, 2.45) is 0 Å². The van der Waals surface area contributed by atoms with Crippen molar-refractivity contribution in [1.82, 2.24) is 0 Å². The lowest BCUT2D eigenvalue weighted by Crippen LogP contribution is -2.29. The van der Waals surface area contributed by atoms with Gasteiger partial charge in [-0.1, -0.05) is 84.9 Å². The summed E-state index contributed by atoms with van der Waals surface area (Å²) in [5.74, 6) is -0.480. The van der Waals surface area contributed by atoms with Gasteiger partial charge in [0.15, 0.2) is 0 Å². The predicted molar refractivity (Wildman–Crippen MR) is 114 cm³/mol. The fraction of sp³-hybridized carbons (Fsp3) is 0.160. The summed E-state index contributed by atoms with van der Waals surface area (Å²) in [6, 6.07) is 26.9. The van der Waals surface area contributed by atoms with E-state index in [1.165, 1.54) is 0 Å². The number of esters is 1. The quantitative estimate of drug-likeness (QED) is 0.427. The van der Waals surface area contributed by atoms with E-state index in [2.05, 4.69) is 0 Å². The van der Waals surface area contributed by atoms with Gasteiger partial charge in [0.2, 0.25) is 0 Å². The minimum Gasteiger partial charge on any atom is -0.511 e. The van der Waals surface area contributed by atoms with Crippen LogP contribution in [0.4, 0.5) is 0 Å². The summed E-state index contributed by atoms with van der Waals surface area (Å²) in [6.45, 7) is 0. The molecule has 1 heterocycles. The van der Waals surface area contributed by atoms with E-state index in [4.69, 9.17) is 16.3 Å². The normalized spacial score (nSPS) is 19.1. The molecule has 3 aromatic rings. The fourth-order valence-corrected chi connectivity index (χ4v) is 3.94. The van der Waals surface area contributed by atoms with Crippen molar-refractivity contribution in [1.29, 1.82) is 0 Å². The molecule has 1 N–H and O–H groups in total. The first-order chi connectivity index (χ1) is 14.2. The van der Waals surface area contributed by atoms with Crippen molar-refractivity contribution < 1.29 is 14.6 Å². The number of carbonyl (C=O) groups is 1. The van der Waals surface area contributed by atoms with Gasteiger partial charge in [0, 0.05) is 12.3 Å². The van der Waals surface area contributed by atoms with Crippen LogP contribution in [-0.2, 0) is 21.8 Å². The van der Waals surface area contributed by atoms with Crippen molar-refractivity contribution in [2.75, 3.05) is 0 Å². The molecule has 146 valence electrons. The molecule has 1 aliphatic rings. The Morgan fingerprint density at radius 1 is 0.828 bits per heavy atom. The van der Waals surface area contributed by atoms with Crippen LogP contribution >= 0.6 is 11.6 Å². The van der Waals surface area contributed by atoms with Crippen LogP contribution in [0.3, 0.4) is 0 Å². The molecule has 29 heavy (non-hydrogen) atoms. The molecule has 2 unspecified atom stereocenters. The van der Waals surface area contributed by atoms with E-state index in [-0.39, 0.29) is 11.3 Å². The largest absolute Gasteiger partial charge is 0.511 e. The third-order valence-corrected chi connectivity index (χ3v) is 5.51. The molecule has 0 aliphatic carbocycles. The Kier molecular flexibility index (Phi) is 5.68. The molecule has 2 atom stereocenters. The standard InChI is InChI=1S/C25H21ClO3/c26-16-18-9-7-8-17(14-18)15-21-23(27)22(19-10-3-1-4-11-19)24(29-25(21)28)20-12-5-2-6-13-20/h1-14,22,24,27H,15-16H2. The van der Waals surface area contributed by atoms with Gasteiger partial charge in [0.05, 0.1) is 11.5 Å². The molecule has 4 rings (SSSR count). The van der Waals surface area contributed by atoms with E-state index in [0.29, 0.717) is 12.3 Å². The SMILES string of the molecule is O=C1OC(c2ccccc2)C(c2ccccc2)C(O)=C1Cc1cccc(CCl)c1. The van der Waals surface area contributed by atoms with E-state index in [1.54, 1.807) is 0 Å². The maximum Gasteiger partial charge on any atom is 0.338 e. The number of halogens is 1. The number of rotatable bonds is 5. The summed E-state index contributed by atoms with van der Waals surface area (Å²) in [4.78, 5) is 12.9. The zero-order valence-electron chi connectivity index (χ0n) is 15.8. The second kappa shape index (κ2) is 8.54. The number of cyclic esters (lactones) is 1. The lowest BCUT2D eigenvalue weighted by atomic mass is 9.83. The third kappa shape index (κ3) is 4.06. The lowest BCUT2D eigenvalue weighted by Gasteiger charge is -2.33. The van der Waals surface area contributed by atoms with Crippen molar-refractivity contribution in [3.63, 3.8) is 0 Å². The molecular weight excluding hydrogens is 384 g/mol. The molecule has 4 heteroatoms. The van der Waals surface area contributed by atoms with Gasteiger partial charge in [0.1, 0.15) is 11.9 Å². The summed E-state index contributed by atoms with van der Waals surface area (Å²) < 4.78 is 5.87. The molecular formula is C25H21ClO3. The van der Waals surface area contributed by atoms with Crippen molar-refractivity contribution in [3.05, 3.63) is 119 Å². The highest BCUT2D eigenvalue weighted by Gasteiger charge is 2.39. The molecule has 0 fully saturated rings. The number of hydrogen-bond acceptors (Lipinski definition) is 3. The van der Waals surface area contributed by atoms with Gasteiger partial charge >= 0.3 is 5.97 Å². The second-order valence-electron chi connectivity index (χ2n) is 7.12. The number of aliphatic hydroxyl groups excluding tert-OH is 1. The Hall–Kier alpha value is -3.04. The van der Waals surface area contributed by atoms with E-state index in [0.717, 1.165) is 22.3 Å². The highest BCUT2D eigenvalue weighted by Crippen LogP contribution is 2.44. The number of alkyl halides is 1. The number of ether oxygens (including phenoxy) is 1. The monoisotopic (exact) mass is 404 g/mol. The van der Waals surface area contributed by atoms with Gasteiger partial charge in [-0.15, -0.1) is 11.6 Å². The van der Waals surface area contributed by atoms with Crippen molar-refractivity contribution >= 4 is 17.6 Å². The van der Waals surface area contributed by atoms with Crippen LogP contribution in [0.15, 0.2) is 96.3 Å². The Morgan fingerprint density at radius 2 is 1.45 bits per heavy atom. The van der Waals surface area contributed by atoms with Crippen molar-refractivity contribution in [2.45, 2.75) is 24.3 Å². The molecule has 1 aliphatic heterocycles. The van der Waals surface area contributed by atoms with Gasteiger partial charge in [-0.2, -0.15) is 0 Å². The Morgan fingerprint density at radius 3 is 2.10 bits per heavy atom.